The second-order valence-electron chi connectivity index (χ2n) is 6.83. The van der Waals surface area contributed by atoms with E-state index in [0.29, 0.717) is 11.3 Å². The highest BCUT2D eigenvalue weighted by Crippen LogP contribution is 2.37. The molecule has 0 saturated carbocycles. The molecule has 0 aliphatic rings. The van der Waals surface area contributed by atoms with E-state index in [1.165, 1.54) is 37.3 Å². The number of hydrogen-bond donors (Lipinski definition) is 5. The third-order valence-electron chi connectivity index (χ3n) is 4.34. The van der Waals surface area contributed by atoms with Gasteiger partial charge in [-0.3, -0.25) is 15.0 Å². The molecule has 172 valence electrons. The number of aliphatic hydroxyl groups is 1. The first-order valence-corrected chi connectivity index (χ1v) is 9.49. The van der Waals surface area contributed by atoms with Crippen molar-refractivity contribution >= 4 is 23.3 Å². The van der Waals surface area contributed by atoms with Gasteiger partial charge in [0.1, 0.15) is 24.6 Å². The predicted octanol–water partition coefficient (Wildman–Crippen LogP) is 2.57. The van der Waals surface area contributed by atoms with Gasteiger partial charge in [0, 0.05) is 11.3 Å². The first-order valence-electron chi connectivity index (χ1n) is 9.49. The molecule has 0 spiro atoms. The predicted molar refractivity (Wildman–Crippen MR) is 111 cm³/mol. The van der Waals surface area contributed by atoms with Gasteiger partial charge >= 0.3 is 6.18 Å². The molecule has 1 atom stereocenters. The van der Waals surface area contributed by atoms with Crippen LogP contribution in [0.15, 0.2) is 42.5 Å². The molecule has 0 radical (unpaired) electrons. The summed E-state index contributed by atoms with van der Waals surface area (Å²) < 4.78 is 44.9. The molecule has 0 saturated heterocycles. The van der Waals surface area contributed by atoms with Gasteiger partial charge in [0.2, 0.25) is 11.8 Å². The summed E-state index contributed by atoms with van der Waals surface area (Å²) in [6.45, 7) is 0.760. The zero-order chi connectivity index (χ0) is 23.9. The Morgan fingerprint density at radius 3 is 2.38 bits per heavy atom. The maximum atomic E-state index is 13.3. The fraction of sp³-hybridized carbons (Fsp3) is 0.286. The number of rotatable bonds is 9. The number of amides is 2. The van der Waals surface area contributed by atoms with Crippen LogP contribution < -0.4 is 21.1 Å². The van der Waals surface area contributed by atoms with Crippen molar-refractivity contribution in [2.24, 2.45) is 5.73 Å². The zero-order valence-electron chi connectivity index (χ0n) is 17.1. The SMILES string of the molecule is C[C@H](NC(=O)CC(=O)Nc1ccc(C(=N)N)cc1)c1ccc(OCCO)c(C(F)(F)F)c1. The van der Waals surface area contributed by atoms with Crippen molar-refractivity contribution in [3.05, 3.63) is 59.2 Å². The lowest BCUT2D eigenvalue weighted by atomic mass is 10.0. The molecular formula is C21H23F3N4O4. The topological polar surface area (TPSA) is 138 Å². The Labute approximate surface area is 182 Å². The van der Waals surface area contributed by atoms with Crippen LogP contribution in [-0.4, -0.2) is 36.0 Å². The minimum absolute atomic E-state index is 0.127. The van der Waals surface area contributed by atoms with E-state index in [1.54, 1.807) is 0 Å². The number of nitrogen functional groups attached to an aromatic ring is 1. The van der Waals surface area contributed by atoms with Crippen molar-refractivity contribution < 1.29 is 32.6 Å². The van der Waals surface area contributed by atoms with Gasteiger partial charge in [-0.15, -0.1) is 0 Å². The third kappa shape index (κ3) is 6.98. The minimum atomic E-state index is -4.69. The van der Waals surface area contributed by atoms with Gasteiger partial charge in [0.05, 0.1) is 18.2 Å². The summed E-state index contributed by atoms with van der Waals surface area (Å²) in [7, 11) is 0. The number of aliphatic hydroxyl groups excluding tert-OH is 1. The minimum Gasteiger partial charge on any atom is -0.491 e. The van der Waals surface area contributed by atoms with E-state index < -0.39 is 48.4 Å². The fourth-order valence-electron chi connectivity index (χ4n) is 2.78. The second-order valence-corrected chi connectivity index (χ2v) is 6.83. The van der Waals surface area contributed by atoms with Crippen molar-refractivity contribution in [2.45, 2.75) is 25.6 Å². The fourth-order valence-corrected chi connectivity index (χ4v) is 2.78. The molecule has 0 unspecified atom stereocenters. The van der Waals surface area contributed by atoms with E-state index in [9.17, 15) is 22.8 Å². The van der Waals surface area contributed by atoms with E-state index >= 15 is 0 Å². The van der Waals surface area contributed by atoms with Crippen molar-refractivity contribution in [3.63, 3.8) is 0 Å². The molecule has 0 aliphatic carbocycles. The van der Waals surface area contributed by atoms with E-state index in [4.69, 9.17) is 21.0 Å². The maximum absolute atomic E-state index is 13.3. The molecule has 0 bridgehead atoms. The summed E-state index contributed by atoms with van der Waals surface area (Å²) in [5.41, 5.74) is 5.36. The Kier molecular flexibility index (Phi) is 8.19. The van der Waals surface area contributed by atoms with Crippen LogP contribution in [0.3, 0.4) is 0 Å². The van der Waals surface area contributed by atoms with Crippen LogP contribution in [0.4, 0.5) is 18.9 Å². The number of carbonyl (C=O) groups excluding carboxylic acids is 2. The Morgan fingerprint density at radius 2 is 1.81 bits per heavy atom. The number of alkyl halides is 3. The quantitative estimate of drug-likeness (QED) is 0.226. The number of anilines is 1. The average molecular weight is 452 g/mol. The smallest absolute Gasteiger partial charge is 0.419 e. The number of nitrogens with one attached hydrogen (secondary N) is 3. The molecule has 0 heterocycles. The zero-order valence-corrected chi connectivity index (χ0v) is 17.1. The molecule has 2 rings (SSSR count). The molecule has 2 aromatic rings. The van der Waals surface area contributed by atoms with Crippen LogP contribution in [0.5, 0.6) is 5.75 Å². The largest absolute Gasteiger partial charge is 0.491 e. The van der Waals surface area contributed by atoms with Crippen LogP contribution in [0.2, 0.25) is 0 Å². The van der Waals surface area contributed by atoms with Gasteiger partial charge in [-0.25, -0.2) is 0 Å². The molecule has 6 N–H and O–H groups in total. The highest BCUT2D eigenvalue weighted by atomic mass is 19.4. The van der Waals surface area contributed by atoms with Crippen molar-refractivity contribution in [1.82, 2.24) is 5.32 Å². The molecule has 0 fully saturated rings. The highest BCUT2D eigenvalue weighted by Gasteiger charge is 2.35. The summed E-state index contributed by atoms with van der Waals surface area (Å²) >= 11 is 0. The van der Waals surface area contributed by atoms with Crippen molar-refractivity contribution in [3.8, 4) is 5.75 Å². The van der Waals surface area contributed by atoms with E-state index in [1.807, 2.05) is 0 Å². The van der Waals surface area contributed by atoms with Crippen molar-refractivity contribution in [2.75, 3.05) is 18.5 Å². The number of hydrogen-bond acceptors (Lipinski definition) is 5. The highest BCUT2D eigenvalue weighted by molar-refractivity contribution is 6.04. The van der Waals surface area contributed by atoms with Gasteiger partial charge < -0.3 is 26.2 Å². The Hall–Kier alpha value is -3.60. The summed E-state index contributed by atoms with van der Waals surface area (Å²) in [6, 6.07) is 8.64. The second kappa shape index (κ2) is 10.6. The van der Waals surface area contributed by atoms with Crippen LogP contribution in [0.1, 0.15) is 36.1 Å². The van der Waals surface area contributed by atoms with Gasteiger partial charge in [-0.2, -0.15) is 13.2 Å². The van der Waals surface area contributed by atoms with Gasteiger partial charge in [0.15, 0.2) is 0 Å². The average Bonchev–Trinajstić information content (AvgIpc) is 2.71. The Balaban J connectivity index is 2.00. The molecule has 2 amide bonds. The van der Waals surface area contributed by atoms with Gasteiger partial charge in [0.25, 0.3) is 0 Å². The Bertz CT molecular complexity index is 978. The van der Waals surface area contributed by atoms with Crippen LogP contribution in [0, 0.1) is 5.41 Å². The summed E-state index contributed by atoms with van der Waals surface area (Å²) in [4.78, 5) is 24.2. The molecule has 32 heavy (non-hydrogen) atoms. The molecule has 11 heteroatoms. The molecule has 2 aromatic carbocycles. The summed E-state index contributed by atoms with van der Waals surface area (Å²) in [5.74, 6) is -1.85. The normalized spacial score (nSPS) is 12.0. The molecular weight excluding hydrogens is 429 g/mol. The van der Waals surface area contributed by atoms with E-state index in [0.717, 1.165) is 12.1 Å². The number of ether oxygens (including phenoxy) is 1. The Morgan fingerprint density at radius 1 is 1.16 bits per heavy atom. The number of carbonyl (C=O) groups is 2. The van der Waals surface area contributed by atoms with Crippen LogP contribution >= 0.6 is 0 Å². The van der Waals surface area contributed by atoms with Crippen molar-refractivity contribution in [1.29, 1.82) is 5.41 Å². The van der Waals surface area contributed by atoms with Crippen LogP contribution in [-0.2, 0) is 15.8 Å². The van der Waals surface area contributed by atoms with E-state index in [2.05, 4.69) is 10.6 Å². The molecule has 8 nitrogen and oxygen atoms in total. The third-order valence-corrected chi connectivity index (χ3v) is 4.34. The number of nitrogens with two attached hydrogens (primary N) is 1. The molecule has 0 aromatic heterocycles. The van der Waals surface area contributed by atoms with Gasteiger partial charge in [-0.1, -0.05) is 6.07 Å². The summed E-state index contributed by atoms with van der Waals surface area (Å²) in [5, 5.41) is 21.1. The number of halogens is 3. The first kappa shape index (κ1) is 24.7. The lowest BCUT2D eigenvalue weighted by molar-refractivity contribution is -0.139. The lowest BCUT2D eigenvalue weighted by Crippen LogP contribution is -2.30. The summed E-state index contributed by atoms with van der Waals surface area (Å²) in [6.07, 6.45) is -5.23. The molecule has 0 aliphatic heterocycles. The lowest BCUT2D eigenvalue weighted by Gasteiger charge is -2.19. The van der Waals surface area contributed by atoms with E-state index in [-0.39, 0.29) is 18.0 Å². The van der Waals surface area contributed by atoms with Gasteiger partial charge in [-0.05, 0) is 48.9 Å². The number of benzene rings is 2. The standard InChI is InChI=1S/C21H23F3N4O4/c1-12(14-4-7-17(32-9-8-29)16(10-14)21(22,23)24)27-18(30)11-19(31)28-15-5-2-13(3-6-15)20(25)26/h2-7,10,12,29H,8-9,11H2,1H3,(H3,25,26)(H,27,30)(H,28,31)/t12-/m0/s1. The monoisotopic (exact) mass is 452 g/mol. The number of amidine groups is 1. The van der Waals surface area contributed by atoms with Crippen LogP contribution in [0.25, 0.3) is 0 Å². The first-order chi connectivity index (χ1) is 15.0. The maximum Gasteiger partial charge on any atom is 0.419 e.